The van der Waals surface area contributed by atoms with E-state index in [1.807, 2.05) is 17.3 Å². The van der Waals surface area contributed by atoms with Gasteiger partial charge in [-0.2, -0.15) is 0 Å². The van der Waals surface area contributed by atoms with Gasteiger partial charge in [0.1, 0.15) is 17.9 Å². The Balaban J connectivity index is 1.40. The maximum Gasteiger partial charge on any atom is 0.257 e. The Morgan fingerprint density at radius 1 is 1.30 bits per heavy atom. The van der Waals surface area contributed by atoms with Gasteiger partial charge in [0.05, 0.1) is 30.8 Å². The molecule has 0 aromatic carbocycles. The number of amides is 1. The number of piperazine rings is 1. The van der Waals surface area contributed by atoms with Crippen LogP contribution in [0.2, 0.25) is 0 Å². The van der Waals surface area contributed by atoms with Crippen molar-refractivity contribution in [1.29, 1.82) is 0 Å². The van der Waals surface area contributed by atoms with E-state index >= 15 is 0 Å². The number of carbonyl (C=O) groups excluding carboxylic acids is 1. The van der Waals surface area contributed by atoms with Crippen LogP contribution in [0.3, 0.4) is 0 Å². The molecule has 7 heteroatoms. The van der Waals surface area contributed by atoms with Gasteiger partial charge in [0.2, 0.25) is 0 Å². The summed E-state index contributed by atoms with van der Waals surface area (Å²) >= 11 is 0. The maximum absolute atomic E-state index is 12.3. The van der Waals surface area contributed by atoms with Gasteiger partial charge < -0.3 is 19.1 Å². The molecular formula is C16H19N5O2. The van der Waals surface area contributed by atoms with Crippen LogP contribution < -0.4 is 0 Å². The van der Waals surface area contributed by atoms with Crippen molar-refractivity contribution in [3.8, 4) is 0 Å². The highest BCUT2D eigenvalue weighted by atomic mass is 16.3. The third-order valence-electron chi connectivity index (χ3n) is 4.49. The Kier molecular flexibility index (Phi) is 3.40. The normalized spacial score (nSPS) is 23.7. The van der Waals surface area contributed by atoms with E-state index in [9.17, 15) is 4.79 Å². The summed E-state index contributed by atoms with van der Waals surface area (Å²) < 4.78 is 4.99. The standard InChI is InChI=1S/C16H19N5O2/c1-12-9-17-15-8-14(18-11-21(12)15)19-3-5-20(6-4-19)16(22)13-2-7-23-10-13/h2,7-8,10-12H,3-6,9H2,1H3. The fourth-order valence-corrected chi connectivity index (χ4v) is 3.07. The Morgan fingerprint density at radius 3 is 2.87 bits per heavy atom. The molecule has 1 unspecified atom stereocenters. The Bertz CT molecular complexity index is 683. The molecule has 1 aromatic heterocycles. The van der Waals surface area contributed by atoms with Crippen LogP contribution in [-0.2, 0) is 0 Å². The van der Waals surface area contributed by atoms with Crippen LogP contribution in [0.5, 0.6) is 0 Å². The highest BCUT2D eigenvalue weighted by molar-refractivity contribution is 6.03. The predicted molar refractivity (Wildman–Crippen MR) is 86.4 cm³/mol. The van der Waals surface area contributed by atoms with Gasteiger partial charge in [0, 0.05) is 32.3 Å². The largest absolute Gasteiger partial charge is 0.472 e. The van der Waals surface area contributed by atoms with Gasteiger partial charge in [0.15, 0.2) is 0 Å². The SMILES string of the molecule is CC1CN=C2C=C(N3CCN(C(=O)c4ccoc4)CC3)N=CN21. The second-order valence-corrected chi connectivity index (χ2v) is 5.99. The highest BCUT2D eigenvalue weighted by Crippen LogP contribution is 2.19. The molecule has 1 atom stereocenters. The molecule has 0 spiro atoms. The zero-order valence-corrected chi connectivity index (χ0v) is 13.1. The molecule has 0 N–H and O–H groups in total. The monoisotopic (exact) mass is 313 g/mol. The number of carbonyl (C=O) groups is 1. The smallest absolute Gasteiger partial charge is 0.257 e. The number of hydrogen-bond acceptors (Lipinski definition) is 6. The van der Waals surface area contributed by atoms with Gasteiger partial charge in [-0.3, -0.25) is 9.79 Å². The minimum absolute atomic E-state index is 0.0275. The minimum Gasteiger partial charge on any atom is -0.472 e. The highest BCUT2D eigenvalue weighted by Gasteiger charge is 2.28. The summed E-state index contributed by atoms with van der Waals surface area (Å²) in [6, 6.07) is 2.09. The average molecular weight is 313 g/mol. The minimum atomic E-state index is 0.0275. The second kappa shape index (κ2) is 5.57. The van der Waals surface area contributed by atoms with Crippen LogP contribution in [0.25, 0.3) is 0 Å². The van der Waals surface area contributed by atoms with Gasteiger partial charge in [-0.15, -0.1) is 0 Å². The van der Waals surface area contributed by atoms with Gasteiger partial charge in [-0.25, -0.2) is 4.99 Å². The predicted octanol–water partition coefficient (Wildman–Crippen LogP) is 1.02. The van der Waals surface area contributed by atoms with E-state index in [0.29, 0.717) is 24.7 Å². The lowest BCUT2D eigenvalue weighted by Gasteiger charge is -2.37. The van der Waals surface area contributed by atoms with E-state index in [2.05, 4.69) is 26.7 Å². The molecule has 1 amide bonds. The van der Waals surface area contributed by atoms with Crippen molar-refractivity contribution in [1.82, 2.24) is 14.7 Å². The number of amidine groups is 1. The lowest BCUT2D eigenvalue weighted by Crippen LogP contribution is -2.48. The molecule has 120 valence electrons. The average Bonchev–Trinajstić information content (AvgIpc) is 3.24. The molecule has 0 bridgehead atoms. The van der Waals surface area contributed by atoms with Crippen molar-refractivity contribution in [2.24, 2.45) is 9.98 Å². The van der Waals surface area contributed by atoms with E-state index in [-0.39, 0.29) is 5.91 Å². The van der Waals surface area contributed by atoms with E-state index < -0.39 is 0 Å². The first-order valence-electron chi connectivity index (χ1n) is 7.87. The van der Waals surface area contributed by atoms with Crippen molar-refractivity contribution < 1.29 is 9.21 Å². The van der Waals surface area contributed by atoms with Crippen LogP contribution in [0.4, 0.5) is 0 Å². The van der Waals surface area contributed by atoms with Gasteiger partial charge in [0.25, 0.3) is 5.91 Å². The molecule has 4 heterocycles. The first-order valence-corrected chi connectivity index (χ1v) is 7.87. The van der Waals surface area contributed by atoms with Crippen molar-refractivity contribution >= 4 is 18.1 Å². The maximum atomic E-state index is 12.3. The first kappa shape index (κ1) is 14.0. The second-order valence-electron chi connectivity index (χ2n) is 5.99. The first-order chi connectivity index (χ1) is 11.2. The van der Waals surface area contributed by atoms with Crippen molar-refractivity contribution in [3.05, 3.63) is 36.1 Å². The summed E-state index contributed by atoms with van der Waals surface area (Å²) in [7, 11) is 0. The summed E-state index contributed by atoms with van der Waals surface area (Å²) in [6.45, 7) is 5.87. The molecule has 3 aliphatic rings. The molecule has 0 saturated carbocycles. The van der Waals surface area contributed by atoms with E-state index in [4.69, 9.17) is 4.42 Å². The van der Waals surface area contributed by atoms with E-state index in [1.165, 1.54) is 12.5 Å². The molecular weight excluding hydrogens is 294 g/mol. The molecule has 4 rings (SSSR count). The summed E-state index contributed by atoms with van der Waals surface area (Å²) in [5.41, 5.74) is 0.610. The summed E-state index contributed by atoms with van der Waals surface area (Å²) in [4.78, 5) is 27.6. The lowest BCUT2D eigenvalue weighted by atomic mass is 10.2. The fraction of sp³-hybridized carbons (Fsp3) is 0.438. The van der Waals surface area contributed by atoms with Gasteiger partial charge >= 0.3 is 0 Å². The number of rotatable bonds is 2. The zero-order chi connectivity index (χ0) is 15.8. The molecule has 23 heavy (non-hydrogen) atoms. The van der Waals surface area contributed by atoms with Crippen molar-refractivity contribution in [3.63, 3.8) is 0 Å². The molecule has 3 aliphatic heterocycles. The van der Waals surface area contributed by atoms with Gasteiger partial charge in [-0.1, -0.05) is 0 Å². The van der Waals surface area contributed by atoms with Crippen LogP contribution in [0, 0.1) is 0 Å². The quantitative estimate of drug-likeness (QED) is 0.818. The van der Waals surface area contributed by atoms with Crippen molar-refractivity contribution in [2.75, 3.05) is 32.7 Å². The number of fused-ring (bicyclic) bond motifs is 1. The van der Waals surface area contributed by atoms with E-state index in [0.717, 1.165) is 31.3 Å². The summed E-state index contributed by atoms with van der Waals surface area (Å²) in [5, 5.41) is 0. The third-order valence-corrected chi connectivity index (χ3v) is 4.49. The molecule has 1 fully saturated rings. The third kappa shape index (κ3) is 2.52. The molecule has 1 saturated heterocycles. The number of furan rings is 1. The Morgan fingerprint density at radius 2 is 2.13 bits per heavy atom. The van der Waals surface area contributed by atoms with Crippen LogP contribution in [-0.4, -0.2) is 71.5 Å². The molecule has 0 radical (unpaired) electrons. The van der Waals surface area contributed by atoms with Gasteiger partial charge in [-0.05, 0) is 13.0 Å². The zero-order valence-electron chi connectivity index (χ0n) is 13.1. The molecule has 1 aromatic rings. The van der Waals surface area contributed by atoms with E-state index in [1.54, 1.807) is 6.07 Å². The number of hydrogen-bond donors (Lipinski definition) is 0. The molecule has 7 nitrogen and oxygen atoms in total. The number of nitrogens with zero attached hydrogens (tertiary/aromatic N) is 5. The number of aliphatic imine (C=N–C) groups is 2. The summed E-state index contributed by atoms with van der Waals surface area (Å²) in [5.74, 6) is 1.95. The lowest BCUT2D eigenvalue weighted by molar-refractivity contribution is 0.0667. The van der Waals surface area contributed by atoms with Crippen LogP contribution >= 0.6 is 0 Å². The summed E-state index contributed by atoms with van der Waals surface area (Å²) in [6.07, 6.45) is 6.93. The molecule has 0 aliphatic carbocycles. The topological polar surface area (TPSA) is 64.6 Å². The fourth-order valence-electron chi connectivity index (χ4n) is 3.07. The Labute approximate surface area is 134 Å². The Hall–Kier alpha value is -2.57. The van der Waals surface area contributed by atoms with Crippen LogP contribution in [0.1, 0.15) is 17.3 Å². The van der Waals surface area contributed by atoms with Crippen molar-refractivity contribution in [2.45, 2.75) is 13.0 Å². The van der Waals surface area contributed by atoms with Crippen LogP contribution in [0.15, 0.2) is 44.9 Å².